The molecule has 1 aliphatic rings. The average molecular weight is 627 g/mol. The summed E-state index contributed by atoms with van der Waals surface area (Å²) in [5, 5.41) is 7.63. The highest BCUT2D eigenvalue weighted by Crippen LogP contribution is 2.31. The number of anilines is 1. The fourth-order valence-electron chi connectivity index (χ4n) is 4.90. The molecule has 2 heterocycles. The number of thioether (sulfide) groups is 1. The number of amidine groups is 1. The first-order valence-corrected chi connectivity index (χ1v) is 14.8. The highest BCUT2D eigenvalue weighted by Gasteiger charge is 2.31. The van der Waals surface area contributed by atoms with Gasteiger partial charge in [-0.1, -0.05) is 54.2 Å². The number of aromatic nitrogens is 3. The fourth-order valence-corrected chi connectivity index (χ4v) is 5.85. The quantitative estimate of drug-likeness (QED) is 0.213. The van der Waals surface area contributed by atoms with Gasteiger partial charge in [0.1, 0.15) is 18.2 Å². The number of para-hydroxylation sites is 1. The first kappa shape index (κ1) is 31.0. The fraction of sp³-hybridized carbons (Fsp3) is 0.290. The third-order valence-corrected chi connectivity index (χ3v) is 8.06. The number of alkyl halides is 4. The molecule has 2 amide bonds. The molecule has 230 valence electrons. The number of hydrogen-bond donors (Lipinski definition) is 1. The molecular weight excluding hydrogens is 596 g/mol. The Balaban J connectivity index is 1.22. The van der Waals surface area contributed by atoms with Crippen LogP contribution in [0.1, 0.15) is 36.2 Å². The molecule has 5 rings (SSSR count). The number of rotatable bonds is 7. The Hall–Kier alpha value is -4.39. The van der Waals surface area contributed by atoms with E-state index in [1.165, 1.54) is 47.0 Å². The minimum absolute atomic E-state index is 0.344. The molecule has 1 saturated heterocycles. The molecule has 13 heteroatoms. The number of aryl methyl sites for hydroxylation is 2. The molecule has 2 atom stereocenters. The van der Waals surface area contributed by atoms with Crippen molar-refractivity contribution in [3.05, 3.63) is 89.7 Å². The molecule has 4 aromatic rings. The highest BCUT2D eigenvalue weighted by molar-refractivity contribution is 8.14. The van der Waals surface area contributed by atoms with Crippen LogP contribution in [0.25, 0.3) is 17.1 Å². The lowest BCUT2D eigenvalue weighted by atomic mass is 10.0. The first-order chi connectivity index (χ1) is 21.0. The summed E-state index contributed by atoms with van der Waals surface area (Å²) in [6.07, 6.45) is -3.89. The van der Waals surface area contributed by atoms with Gasteiger partial charge in [0.2, 0.25) is 0 Å². The van der Waals surface area contributed by atoms with Crippen LogP contribution in [-0.2, 0) is 0 Å². The average Bonchev–Trinajstić information content (AvgIpc) is 3.47. The van der Waals surface area contributed by atoms with Crippen molar-refractivity contribution in [3.63, 3.8) is 0 Å². The number of hydrogen-bond acceptors (Lipinski definition) is 5. The third-order valence-electron chi connectivity index (χ3n) is 7.00. The Kier molecular flexibility index (Phi) is 9.23. The Morgan fingerprint density at radius 3 is 2.39 bits per heavy atom. The van der Waals surface area contributed by atoms with E-state index in [1.54, 1.807) is 31.2 Å². The second-order valence-corrected chi connectivity index (χ2v) is 11.4. The zero-order chi connectivity index (χ0) is 31.4. The van der Waals surface area contributed by atoms with Crippen LogP contribution in [-0.4, -0.2) is 50.7 Å². The number of halogens is 4. The van der Waals surface area contributed by atoms with Crippen LogP contribution in [0.5, 0.6) is 5.75 Å². The Morgan fingerprint density at radius 1 is 1.05 bits per heavy atom. The molecule has 0 bridgehead atoms. The van der Waals surface area contributed by atoms with Crippen LogP contribution in [0.2, 0.25) is 0 Å². The van der Waals surface area contributed by atoms with Crippen molar-refractivity contribution in [2.45, 2.75) is 45.8 Å². The SMILES string of the molecule is Cc1cccc(C)c1N1CCCS/C1=N\C(=O)NC(C)C(F)c1ccc(-c2ncn(-c3ccc(OC(F)(F)F)cc3)n2)cc1. The van der Waals surface area contributed by atoms with E-state index in [9.17, 15) is 18.0 Å². The number of nitrogens with zero attached hydrogens (tertiary/aromatic N) is 5. The van der Waals surface area contributed by atoms with Crippen molar-refractivity contribution >= 4 is 28.6 Å². The van der Waals surface area contributed by atoms with Crippen molar-refractivity contribution in [1.29, 1.82) is 0 Å². The Labute approximate surface area is 256 Å². The zero-order valence-corrected chi connectivity index (χ0v) is 25.0. The number of carbonyl (C=O) groups is 1. The molecule has 0 saturated carbocycles. The molecule has 1 fully saturated rings. The van der Waals surface area contributed by atoms with Crippen molar-refractivity contribution in [2.75, 3.05) is 17.2 Å². The number of benzene rings is 3. The minimum atomic E-state index is -4.78. The number of nitrogens with one attached hydrogen (secondary N) is 1. The van der Waals surface area contributed by atoms with Crippen LogP contribution in [0.4, 0.5) is 28.0 Å². The second kappa shape index (κ2) is 13.1. The molecule has 1 aliphatic heterocycles. The monoisotopic (exact) mass is 626 g/mol. The first-order valence-electron chi connectivity index (χ1n) is 13.9. The largest absolute Gasteiger partial charge is 0.573 e. The smallest absolute Gasteiger partial charge is 0.406 e. The second-order valence-electron chi connectivity index (χ2n) is 10.3. The lowest BCUT2D eigenvalue weighted by Crippen LogP contribution is -2.39. The number of urea groups is 1. The molecule has 0 spiro atoms. The van der Waals surface area contributed by atoms with E-state index in [1.807, 2.05) is 32.0 Å². The molecule has 1 N–H and O–H groups in total. The summed E-state index contributed by atoms with van der Waals surface area (Å²) in [6, 6.07) is 16.3. The molecule has 8 nitrogen and oxygen atoms in total. The molecule has 1 aromatic heterocycles. The van der Waals surface area contributed by atoms with E-state index < -0.39 is 24.6 Å². The topological polar surface area (TPSA) is 84.6 Å². The van der Waals surface area contributed by atoms with Gasteiger partial charge in [-0.2, -0.15) is 4.99 Å². The molecular formula is C31H30F4N6O2S. The van der Waals surface area contributed by atoms with Crippen molar-refractivity contribution in [2.24, 2.45) is 4.99 Å². The van der Waals surface area contributed by atoms with Crippen molar-refractivity contribution in [3.8, 4) is 22.8 Å². The van der Waals surface area contributed by atoms with Gasteiger partial charge in [-0.15, -0.1) is 18.3 Å². The molecule has 0 radical (unpaired) electrons. The van der Waals surface area contributed by atoms with Gasteiger partial charge in [0.25, 0.3) is 0 Å². The summed E-state index contributed by atoms with van der Waals surface area (Å²) in [5.74, 6) is 0.846. The van der Waals surface area contributed by atoms with E-state index in [2.05, 4.69) is 30.0 Å². The number of aliphatic imine (C=N–C) groups is 1. The van der Waals surface area contributed by atoms with Crippen LogP contribution in [0.3, 0.4) is 0 Å². The molecule has 0 aliphatic carbocycles. The summed E-state index contributed by atoms with van der Waals surface area (Å²) in [6.45, 7) is 6.39. The number of carbonyl (C=O) groups excluding carboxylic acids is 1. The lowest BCUT2D eigenvalue weighted by molar-refractivity contribution is -0.274. The maximum Gasteiger partial charge on any atom is 0.573 e. The van der Waals surface area contributed by atoms with E-state index in [-0.39, 0.29) is 5.75 Å². The molecule has 3 aromatic carbocycles. The van der Waals surface area contributed by atoms with Gasteiger partial charge in [0.05, 0.1) is 11.7 Å². The Bertz CT molecular complexity index is 1620. The molecule has 2 unspecified atom stereocenters. The van der Waals surface area contributed by atoms with Crippen LogP contribution in [0.15, 0.2) is 78.0 Å². The van der Waals surface area contributed by atoms with E-state index >= 15 is 4.39 Å². The summed E-state index contributed by atoms with van der Waals surface area (Å²) in [7, 11) is 0. The maximum absolute atomic E-state index is 15.4. The van der Waals surface area contributed by atoms with Gasteiger partial charge >= 0.3 is 12.4 Å². The highest BCUT2D eigenvalue weighted by atomic mass is 32.2. The van der Waals surface area contributed by atoms with Gasteiger partial charge in [0.15, 0.2) is 11.0 Å². The van der Waals surface area contributed by atoms with Gasteiger partial charge < -0.3 is 15.0 Å². The van der Waals surface area contributed by atoms with Gasteiger partial charge in [-0.05, 0) is 68.1 Å². The van der Waals surface area contributed by atoms with E-state index in [0.717, 1.165) is 35.5 Å². The van der Waals surface area contributed by atoms with Gasteiger partial charge in [-0.25, -0.2) is 18.9 Å². The zero-order valence-electron chi connectivity index (χ0n) is 24.2. The van der Waals surface area contributed by atoms with Crippen LogP contribution < -0.4 is 15.0 Å². The number of amides is 2. The van der Waals surface area contributed by atoms with Crippen LogP contribution >= 0.6 is 11.8 Å². The molecule has 44 heavy (non-hydrogen) atoms. The summed E-state index contributed by atoms with van der Waals surface area (Å²) < 4.78 is 57.9. The minimum Gasteiger partial charge on any atom is -0.406 e. The van der Waals surface area contributed by atoms with Gasteiger partial charge in [0, 0.05) is 23.5 Å². The maximum atomic E-state index is 15.4. The van der Waals surface area contributed by atoms with Crippen LogP contribution in [0, 0.1) is 13.8 Å². The summed E-state index contributed by atoms with van der Waals surface area (Å²) in [4.78, 5) is 23.5. The van der Waals surface area contributed by atoms with Crippen molar-refractivity contribution in [1.82, 2.24) is 20.1 Å². The van der Waals surface area contributed by atoms with Crippen molar-refractivity contribution < 1.29 is 27.1 Å². The summed E-state index contributed by atoms with van der Waals surface area (Å²) >= 11 is 1.51. The predicted octanol–water partition coefficient (Wildman–Crippen LogP) is 7.56. The predicted molar refractivity (Wildman–Crippen MR) is 163 cm³/mol. The Morgan fingerprint density at radius 2 is 1.73 bits per heavy atom. The summed E-state index contributed by atoms with van der Waals surface area (Å²) in [5.41, 5.74) is 4.68. The standard InChI is InChI=1S/C31H30F4N6O2S/c1-19-6-4-7-20(2)27(19)40-16-5-17-44-30(40)38-29(42)37-21(3)26(32)22-8-10-23(11-9-22)28-36-18-41(39-28)24-12-14-25(15-13-24)43-31(33,34)35/h4,6-15,18,21,26H,5,16-17H2,1-3H3,(H,37,42)/b38-30-. The third kappa shape index (κ3) is 7.39. The normalized spacial score (nSPS) is 16.1. The lowest BCUT2D eigenvalue weighted by Gasteiger charge is -2.32. The van der Waals surface area contributed by atoms with E-state index in [0.29, 0.717) is 27.8 Å². The number of ether oxygens (including phenoxy) is 1. The van der Waals surface area contributed by atoms with E-state index in [4.69, 9.17) is 0 Å². The van der Waals surface area contributed by atoms with Gasteiger partial charge in [-0.3, -0.25) is 0 Å².